The van der Waals surface area contributed by atoms with Crippen LogP contribution in [0.4, 0.5) is 4.79 Å². The summed E-state index contributed by atoms with van der Waals surface area (Å²) in [5.41, 5.74) is -0.406. The van der Waals surface area contributed by atoms with E-state index in [9.17, 15) is 4.79 Å². The van der Waals surface area contributed by atoms with Gasteiger partial charge in [-0.3, -0.25) is 0 Å². The van der Waals surface area contributed by atoms with Crippen LogP contribution in [-0.4, -0.2) is 42.3 Å². The normalized spacial score (nSPS) is 25.8. The molecule has 0 aromatic rings. The smallest absolute Gasteiger partial charge is 0.407 e. The summed E-state index contributed by atoms with van der Waals surface area (Å²) in [6.07, 6.45) is 4.93. The summed E-state index contributed by atoms with van der Waals surface area (Å²) >= 11 is 0. The third-order valence-electron chi connectivity index (χ3n) is 3.55. The van der Waals surface area contributed by atoms with Gasteiger partial charge in [-0.05, 0) is 58.9 Å². The third kappa shape index (κ3) is 4.48. The second kappa shape index (κ2) is 5.47. The Kier molecular flexibility index (Phi) is 4.15. The second-order valence-corrected chi connectivity index (χ2v) is 6.62. The van der Waals surface area contributed by atoms with Crippen LogP contribution in [-0.2, 0) is 4.74 Å². The van der Waals surface area contributed by atoms with Crippen LogP contribution in [0.2, 0.25) is 0 Å². The molecule has 1 aliphatic carbocycles. The topological polar surface area (TPSA) is 41.6 Å². The van der Waals surface area contributed by atoms with Crippen molar-refractivity contribution in [3.63, 3.8) is 0 Å². The van der Waals surface area contributed by atoms with Gasteiger partial charge in [0.15, 0.2) is 0 Å². The van der Waals surface area contributed by atoms with E-state index in [0.29, 0.717) is 5.92 Å². The van der Waals surface area contributed by atoms with E-state index in [1.54, 1.807) is 0 Å². The molecule has 1 saturated carbocycles. The molecule has 104 valence electrons. The van der Waals surface area contributed by atoms with Crippen molar-refractivity contribution < 1.29 is 9.53 Å². The van der Waals surface area contributed by atoms with Crippen molar-refractivity contribution in [2.45, 2.75) is 58.1 Å². The molecule has 2 rings (SSSR count). The van der Waals surface area contributed by atoms with Crippen molar-refractivity contribution in [2.24, 2.45) is 5.92 Å². The zero-order valence-corrected chi connectivity index (χ0v) is 11.9. The first-order valence-electron chi connectivity index (χ1n) is 7.15. The van der Waals surface area contributed by atoms with Crippen molar-refractivity contribution in [1.82, 2.24) is 10.2 Å². The summed E-state index contributed by atoms with van der Waals surface area (Å²) in [6, 6.07) is 0.842. The highest BCUT2D eigenvalue weighted by atomic mass is 16.6. The van der Waals surface area contributed by atoms with E-state index in [1.165, 1.54) is 32.2 Å². The summed E-state index contributed by atoms with van der Waals surface area (Å²) in [4.78, 5) is 14.2. The summed E-state index contributed by atoms with van der Waals surface area (Å²) < 4.78 is 5.25. The number of hydrogen-bond donors (Lipinski definition) is 1. The van der Waals surface area contributed by atoms with Gasteiger partial charge in [0.05, 0.1) is 0 Å². The first kappa shape index (κ1) is 13.7. The zero-order chi connectivity index (χ0) is 13.2. The molecule has 1 heterocycles. The summed E-state index contributed by atoms with van der Waals surface area (Å²) in [5, 5.41) is 2.90. The van der Waals surface area contributed by atoms with Gasteiger partial charge in [0.25, 0.3) is 0 Å². The Hall–Kier alpha value is -0.770. The number of alkyl carbamates (subject to hydrolysis) is 1. The molecule has 0 aromatic carbocycles. The number of carbonyl (C=O) groups is 1. The molecular weight excluding hydrogens is 228 g/mol. The molecule has 2 fully saturated rings. The van der Waals surface area contributed by atoms with Crippen molar-refractivity contribution in [3.05, 3.63) is 0 Å². The highest BCUT2D eigenvalue weighted by Crippen LogP contribution is 2.30. The molecule has 1 saturated heterocycles. The summed E-state index contributed by atoms with van der Waals surface area (Å²) in [7, 11) is 0. The second-order valence-electron chi connectivity index (χ2n) is 6.62. The molecule has 0 radical (unpaired) electrons. The van der Waals surface area contributed by atoms with Crippen LogP contribution in [0.25, 0.3) is 0 Å². The van der Waals surface area contributed by atoms with Gasteiger partial charge in [0.1, 0.15) is 5.60 Å². The fourth-order valence-electron chi connectivity index (χ4n) is 2.58. The first-order chi connectivity index (χ1) is 8.44. The SMILES string of the molecule is CC(C)(C)OC(=O)NC[C@H]1CCCN(C2CC2)C1. The minimum Gasteiger partial charge on any atom is -0.444 e. The van der Waals surface area contributed by atoms with Crippen molar-refractivity contribution in [2.75, 3.05) is 19.6 Å². The lowest BCUT2D eigenvalue weighted by Crippen LogP contribution is -2.42. The van der Waals surface area contributed by atoms with Gasteiger partial charge in [-0.25, -0.2) is 4.79 Å². The van der Waals surface area contributed by atoms with Crippen LogP contribution < -0.4 is 5.32 Å². The Bertz CT molecular complexity index is 295. The van der Waals surface area contributed by atoms with E-state index in [1.807, 2.05) is 20.8 Å². The maximum Gasteiger partial charge on any atom is 0.407 e. The standard InChI is InChI=1S/C14H26N2O2/c1-14(2,3)18-13(17)15-9-11-5-4-8-16(10-11)12-6-7-12/h11-12H,4-10H2,1-3H3,(H,15,17)/t11-/m1/s1. The molecule has 0 unspecified atom stereocenters. The third-order valence-corrected chi connectivity index (χ3v) is 3.55. The van der Waals surface area contributed by atoms with Gasteiger partial charge in [-0.15, -0.1) is 0 Å². The maximum atomic E-state index is 11.6. The Morgan fingerprint density at radius 3 is 2.67 bits per heavy atom. The van der Waals surface area contributed by atoms with Crippen molar-refractivity contribution >= 4 is 6.09 Å². The van der Waals surface area contributed by atoms with E-state index in [0.717, 1.165) is 19.1 Å². The highest BCUT2D eigenvalue weighted by Gasteiger charge is 2.32. The number of hydrogen-bond acceptors (Lipinski definition) is 3. The number of nitrogens with zero attached hydrogens (tertiary/aromatic N) is 1. The lowest BCUT2D eigenvalue weighted by molar-refractivity contribution is 0.0506. The quantitative estimate of drug-likeness (QED) is 0.841. The Morgan fingerprint density at radius 2 is 2.06 bits per heavy atom. The fourth-order valence-corrected chi connectivity index (χ4v) is 2.58. The zero-order valence-electron chi connectivity index (χ0n) is 11.9. The summed E-state index contributed by atoms with van der Waals surface area (Å²) in [5.74, 6) is 0.590. The molecule has 2 aliphatic rings. The number of carbonyl (C=O) groups excluding carboxylic acids is 1. The first-order valence-corrected chi connectivity index (χ1v) is 7.15. The van der Waals surface area contributed by atoms with Gasteiger partial charge in [0, 0.05) is 19.1 Å². The van der Waals surface area contributed by atoms with Gasteiger partial charge < -0.3 is 15.0 Å². The van der Waals surface area contributed by atoms with Crippen LogP contribution >= 0.6 is 0 Å². The van der Waals surface area contributed by atoms with E-state index >= 15 is 0 Å². The Labute approximate surface area is 110 Å². The number of piperidine rings is 1. The van der Waals surface area contributed by atoms with Gasteiger partial charge in [0.2, 0.25) is 0 Å². The van der Waals surface area contributed by atoms with E-state index in [4.69, 9.17) is 4.74 Å². The molecule has 0 bridgehead atoms. The molecule has 1 N–H and O–H groups in total. The largest absolute Gasteiger partial charge is 0.444 e. The molecule has 18 heavy (non-hydrogen) atoms. The molecular formula is C14H26N2O2. The molecule has 1 amide bonds. The lowest BCUT2D eigenvalue weighted by atomic mass is 9.98. The van der Waals surface area contributed by atoms with Crippen LogP contribution in [0, 0.1) is 5.92 Å². The fraction of sp³-hybridized carbons (Fsp3) is 0.929. The van der Waals surface area contributed by atoms with Gasteiger partial charge >= 0.3 is 6.09 Å². The van der Waals surface area contributed by atoms with Crippen LogP contribution in [0.15, 0.2) is 0 Å². The van der Waals surface area contributed by atoms with E-state index < -0.39 is 5.60 Å². The van der Waals surface area contributed by atoms with Crippen molar-refractivity contribution in [3.8, 4) is 0 Å². The lowest BCUT2D eigenvalue weighted by Gasteiger charge is -2.33. The van der Waals surface area contributed by atoms with E-state index in [-0.39, 0.29) is 6.09 Å². The molecule has 1 atom stereocenters. The molecule has 1 aliphatic heterocycles. The molecule has 0 aromatic heterocycles. The minimum absolute atomic E-state index is 0.286. The Morgan fingerprint density at radius 1 is 1.33 bits per heavy atom. The predicted octanol–water partition coefficient (Wildman–Crippen LogP) is 2.39. The minimum atomic E-state index is -0.406. The average Bonchev–Trinajstić information content (AvgIpc) is 3.08. The van der Waals surface area contributed by atoms with Crippen LogP contribution in [0.5, 0.6) is 0 Å². The van der Waals surface area contributed by atoms with Crippen molar-refractivity contribution in [1.29, 1.82) is 0 Å². The predicted molar refractivity (Wildman–Crippen MR) is 71.6 cm³/mol. The number of likely N-dealkylation sites (tertiary alicyclic amines) is 1. The highest BCUT2D eigenvalue weighted by molar-refractivity contribution is 5.67. The van der Waals surface area contributed by atoms with Crippen LogP contribution in [0.1, 0.15) is 46.5 Å². The number of rotatable bonds is 3. The molecule has 4 nitrogen and oxygen atoms in total. The maximum absolute atomic E-state index is 11.6. The Balaban J connectivity index is 1.67. The number of amides is 1. The molecule has 4 heteroatoms. The van der Waals surface area contributed by atoms with E-state index in [2.05, 4.69) is 10.2 Å². The van der Waals surface area contributed by atoms with Gasteiger partial charge in [-0.1, -0.05) is 0 Å². The number of ether oxygens (including phenoxy) is 1. The number of nitrogens with one attached hydrogen (secondary N) is 1. The monoisotopic (exact) mass is 254 g/mol. The van der Waals surface area contributed by atoms with Gasteiger partial charge in [-0.2, -0.15) is 0 Å². The van der Waals surface area contributed by atoms with Crippen LogP contribution in [0.3, 0.4) is 0 Å². The molecule has 0 spiro atoms. The average molecular weight is 254 g/mol. The summed E-state index contributed by atoms with van der Waals surface area (Å²) in [6.45, 7) is 8.80.